The van der Waals surface area contributed by atoms with E-state index in [1.807, 2.05) is 0 Å². The van der Waals surface area contributed by atoms with Crippen LogP contribution in [0.2, 0.25) is 0 Å². The molecule has 138 valence electrons. The molecule has 2 aliphatic heterocycles. The Balaban J connectivity index is 1.75. The van der Waals surface area contributed by atoms with E-state index in [9.17, 15) is 24.0 Å². The summed E-state index contributed by atoms with van der Waals surface area (Å²) in [7, 11) is 0. The molecule has 27 heavy (non-hydrogen) atoms. The first-order chi connectivity index (χ1) is 12.9. The number of carbonyl (C=O) groups excluding carboxylic acids is 5. The molecule has 0 radical (unpaired) electrons. The molecule has 2 heterocycles. The molecule has 1 saturated heterocycles. The van der Waals surface area contributed by atoms with E-state index >= 15 is 0 Å². The van der Waals surface area contributed by atoms with E-state index in [4.69, 9.17) is 11.2 Å². The smallest absolute Gasteiger partial charge is 0.262 e. The average molecular weight is 369 g/mol. The molecule has 1 unspecified atom stereocenters. The molecule has 3 rings (SSSR count). The highest BCUT2D eigenvalue weighted by Gasteiger charge is 2.44. The van der Waals surface area contributed by atoms with Crippen molar-refractivity contribution in [2.24, 2.45) is 0 Å². The van der Waals surface area contributed by atoms with Gasteiger partial charge < -0.3 is 10.1 Å². The van der Waals surface area contributed by atoms with Crippen molar-refractivity contribution in [1.29, 1.82) is 0 Å². The molecular formula is C18H15N3O6. The Bertz CT molecular complexity index is 901. The summed E-state index contributed by atoms with van der Waals surface area (Å²) >= 11 is 0. The van der Waals surface area contributed by atoms with Crippen molar-refractivity contribution in [2.45, 2.75) is 18.9 Å². The third kappa shape index (κ3) is 3.50. The van der Waals surface area contributed by atoms with Gasteiger partial charge in [0.25, 0.3) is 17.7 Å². The second-order valence-corrected chi connectivity index (χ2v) is 5.92. The van der Waals surface area contributed by atoms with E-state index in [1.165, 1.54) is 18.2 Å². The van der Waals surface area contributed by atoms with Crippen molar-refractivity contribution in [3.8, 4) is 18.1 Å². The van der Waals surface area contributed by atoms with Crippen LogP contribution in [0.15, 0.2) is 18.2 Å². The fourth-order valence-electron chi connectivity index (χ4n) is 2.89. The van der Waals surface area contributed by atoms with Crippen LogP contribution >= 0.6 is 0 Å². The average Bonchev–Trinajstić information content (AvgIpc) is 2.89. The highest BCUT2D eigenvalue weighted by molar-refractivity contribution is 6.23. The molecule has 0 aromatic heterocycles. The lowest BCUT2D eigenvalue weighted by atomic mass is 10.0. The third-order valence-corrected chi connectivity index (χ3v) is 4.17. The van der Waals surface area contributed by atoms with Crippen LogP contribution in [0, 0.1) is 12.3 Å². The summed E-state index contributed by atoms with van der Waals surface area (Å²) in [5, 5.41) is 4.56. The largest absolute Gasteiger partial charge is 0.484 e. The molecule has 5 amide bonds. The molecule has 2 N–H and O–H groups in total. The van der Waals surface area contributed by atoms with Crippen molar-refractivity contribution in [3.05, 3.63) is 29.3 Å². The van der Waals surface area contributed by atoms with Crippen LogP contribution in [0.25, 0.3) is 0 Å². The first-order valence-corrected chi connectivity index (χ1v) is 8.11. The molecule has 9 nitrogen and oxygen atoms in total. The minimum Gasteiger partial charge on any atom is -0.484 e. The minimum absolute atomic E-state index is 0.0466. The summed E-state index contributed by atoms with van der Waals surface area (Å²) in [5.74, 6) is -0.328. The number of hydrogen-bond acceptors (Lipinski definition) is 6. The predicted octanol–water partition coefficient (Wildman–Crippen LogP) is -0.784. The van der Waals surface area contributed by atoms with Crippen LogP contribution < -0.4 is 15.4 Å². The maximum Gasteiger partial charge on any atom is 0.262 e. The van der Waals surface area contributed by atoms with Gasteiger partial charge in [0.2, 0.25) is 11.8 Å². The topological polar surface area (TPSA) is 122 Å². The number of nitrogens with one attached hydrogen (secondary N) is 2. The number of amides is 5. The molecule has 1 aromatic rings. The molecule has 1 fully saturated rings. The van der Waals surface area contributed by atoms with Gasteiger partial charge in [0.05, 0.1) is 17.7 Å². The number of fused-ring (bicyclic) bond motifs is 1. The van der Waals surface area contributed by atoms with Crippen molar-refractivity contribution in [3.63, 3.8) is 0 Å². The number of terminal acetylenes is 1. The second kappa shape index (κ2) is 7.29. The van der Waals surface area contributed by atoms with Crippen LogP contribution in [-0.4, -0.2) is 53.6 Å². The van der Waals surface area contributed by atoms with Gasteiger partial charge in [-0.05, 0) is 24.6 Å². The Morgan fingerprint density at radius 1 is 1.26 bits per heavy atom. The van der Waals surface area contributed by atoms with Crippen LogP contribution in [-0.2, 0) is 14.4 Å². The molecule has 0 aliphatic carbocycles. The van der Waals surface area contributed by atoms with E-state index in [1.54, 1.807) is 0 Å². The first-order valence-electron chi connectivity index (χ1n) is 8.11. The van der Waals surface area contributed by atoms with Crippen molar-refractivity contribution < 1.29 is 28.7 Å². The van der Waals surface area contributed by atoms with E-state index in [0.29, 0.717) is 0 Å². The monoisotopic (exact) mass is 369 g/mol. The minimum atomic E-state index is -1.03. The van der Waals surface area contributed by atoms with Gasteiger partial charge in [0.1, 0.15) is 11.8 Å². The molecule has 0 bridgehead atoms. The zero-order valence-electron chi connectivity index (χ0n) is 14.1. The molecule has 9 heteroatoms. The summed E-state index contributed by atoms with van der Waals surface area (Å²) in [6.45, 7) is -0.236. The Morgan fingerprint density at radius 3 is 2.70 bits per heavy atom. The fraction of sp³-hybridized carbons (Fsp3) is 0.278. The Labute approximate surface area is 154 Å². The van der Waals surface area contributed by atoms with Crippen LogP contribution in [0.3, 0.4) is 0 Å². The maximum atomic E-state index is 12.6. The summed E-state index contributed by atoms with van der Waals surface area (Å²) < 4.78 is 5.30. The van der Waals surface area contributed by atoms with E-state index in [2.05, 4.69) is 16.6 Å². The van der Waals surface area contributed by atoms with Gasteiger partial charge >= 0.3 is 0 Å². The number of hydrogen-bond donors (Lipinski definition) is 2. The number of carbonyl (C=O) groups is 5. The van der Waals surface area contributed by atoms with Gasteiger partial charge in [0, 0.05) is 6.42 Å². The number of imide groups is 2. The van der Waals surface area contributed by atoms with Gasteiger partial charge in [0.15, 0.2) is 6.61 Å². The number of benzene rings is 1. The van der Waals surface area contributed by atoms with Crippen LogP contribution in [0.4, 0.5) is 0 Å². The van der Waals surface area contributed by atoms with E-state index < -0.39 is 35.6 Å². The SMILES string of the molecule is C#CCNC(=O)COc1ccc2c(c1)C(=O)N(C1CCC(=O)NC1=O)C2=O. The van der Waals surface area contributed by atoms with Gasteiger partial charge in [-0.15, -0.1) is 6.42 Å². The van der Waals surface area contributed by atoms with Crippen LogP contribution in [0.5, 0.6) is 5.75 Å². The van der Waals surface area contributed by atoms with Crippen molar-refractivity contribution in [1.82, 2.24) is 15.5 Å². The molecule has 2 aliphatic rings. The first kappa shape index (κ1) is 18.1. The Morgan fingerprint density at radius 2 is 2.00 bits per heavy atom. The quantitative estimate of drug-likeness (QED) is 0.518. The standard InChI is InChI=1S/C18H15N3O6/c1-2-7-19-15(23)9-27-10-3-4-11-12(8-10)18(26)21(17(11)25)13-5-6-14(22)20-16(13)24/h1,3-4,8,13H,5-7,9H2,(H,19,23)(H,20,22,24). The number of piperidine rings is 1. The lowest BCUT2D eigenvalue weighted by Crippen LogP contribution is -2.54. The Kier molecular flexibility index (Phi) is 4.90. The predicted molar refractivity (Wildman–Crippen MR) is 90.5 cm³/mol. The van der Waals surface area contributed by atoms with E-state index in [0.717, 1.165) is 4.90 Å². The molecule has 0 spiro atoms. The zero-order valence-corrected chi connectivity index (χ0v) is 14.1. The van der Waals surface area contributed by atoms with Gasteiger partial charge in [-0.25, -0.2) is 0 Å². The van der Waals surface area contributed by atoms with Gasteiger partial charge in [-0.1, -0.05) is 5.92 Å². The molecular weight excluding hydrogens is 354 g/mol. The van der Waals surface area contributed by atoms with Gasteiger partial charge in [-0.3, -0.25) is 34.2 Å². The van der Waals surface area contributed by atoms with Gasteiger partial charge in [-0.2, -0.15) is 0 Å². The second-order valence-electron chi connectivity index (χ2n) is 5.92. The number of nitrogens with zero attached hydrogens (tertiary/aromatic N) is 1. The number of rotatable bonds is 5. The fourth-order valence-corrected chi connectivity index (χ4v) is 2.89. The molecule has 1 aromatic carbocycles. The molecule has 0 saturated carbocycles. The highest BCUT2D eigenvalue weighted by atomic mass is 16.5. The van der Waals surface area contributed by atoms with Crippen molar-refractivity contribution >= 4 is 29.5 Å². The highest BCUT2D eigenvalue weighted by Crippen LogP contribution is 2.30. The third-order valence-electron chi connectivity index (χ3n) is 4.17. The summed E-state index contributed by atoms with van der Waals surface area (Å²) in [5.41, 5.74) is 0.208. The Hall–Kier alpha value is -3.67. The van der Waals surface area contributed by atoms with Crippen LogP contribution in [0.1, 0.15) is 33.6 Å². The molecule has 1 atom stereocenters. The van der Waals surface area contributed by atoms with E-state index in [-0.39, 0.29) is 42.9 Å². The maximum absolute atomic E-state index is 12.6. The summed E-state index contributed by atoms with van der Waals surface area (Å²) in [4.78, 5) is 60.8. The summed E-state index contributed by atoms with van der Waals surface area (Å²) in [6, 6.07) is 3.16. The summed E-state index contributed by atoms with van der Waals surface area (Å²) in [6.07, 6.45) is 5.16. The lowest BCUT2D eigenvalue weighted by Gasteiger charge is -2.27. The zero-order chi connectivity index (χ0) is 19.6. The normalized spacial score (nSPS) is 18.6. The van der Waals surface area contributed by atoms with Crippen molar-refractivity contribution in [2.75, 3.05) is 13.2 Å². The lowest BCUT2D eigenvalue weighted by molar-refractivity contribution is -0.136. The number of ether oxygens (including phenoxy) is 1.